The Bertz CT molecular complexity index is 662. The number of pyridine rings is 1. The molecule has 0 aliphatic carbocycles. The summed E-state index contributed by atoms with van der Waals surface area (Å²) in [5, 5.41) is 8.34. The number of amides is 3. The first-order chi connectivity index (χ1) is 11.0. The summed E-state index contributed by atoms with van der Waals surface area (Å²) in [5.74, 6) is -0.292. The van der Waals surface area contributed by atoms with Crippen molar-refractivity contribution in [3.63, 3.8) is 0 Å². The van der Waals surface area contributed by atoms with Gasteiger partial charge < -0.3 is 16.0 Å². The Labute approximate surface area is 139 Å². The van der Waals surface area contributed by atoms with Gasteiger partial charge in [-0.15, -0.1) is 0 Å². The molecule has 120 valence electrons. The molecule has 0 fully saturated rings. The summed E-state index contributed by atoms with van der Waals surface area (Å²) in [6.45, 7) is 1.91. The molecule has 0 spiro atoms. The van der Waals surface area contributed by atoms with E-state index in [2.05, 4.69) is 20.9 Å². The summed E-state index contributed by atoms with van der Waals surface area (Å²) in [4.78, 5) is 27.7. The van der Waals surface area contributed by atoms with Crippen LogP contribution in [0.4, 0.5) is 10.5 Å². The molecule has 2 aromatic rings. The van der Waals surface area contributed by atoms with E-state index in [-0.39, 0.29) is 5.91 Å². The van der Waals surface area contributed by atoms with Crippen molar-refractivity contribution in [1.29, 1.82) is 0 Å². The van der Waals surface area contributed by atoms with Gasteiger partial charge in [0.25, 0.3) is 0 Å². The lowest BCUT2D eigenvalue weighted by Gasteiger charge is -2.14. The molecule has 0 aliphatic heterocycles. The van der Waals surface area contributed by atoms with Crippen LogP contribution in [0.1, 0.15) is 12.5 Å². The SMILES string of the molecule is C[C@H](NC(=O)NCc1ccc(Cl)nc1)C(=O)Nc1ccccc1. The standard InChI is InChI=1S/C16H17ClN4O2/c1-11(15(22)21-13-5-3-2-4-6-13)20-16(23)19-10-12-7-8-14(17)18-9-12/h2-9,11H,10H2,1H3,(H,21,22)(H2,19,20,23)/t11-/m0/s1. The second-order valence-corrected chi connectivity index (χ2v) is 5.28. The summed E-state index contributed by atoms with van der Waals surface area (Å²) in [7, 11) is 0. The molecule has 7 heteroatoms. The van der Waals surface area contributed by atoms with Crippen LogP contribution >= 0.6 is 11.6 Å². The number of hydrogen-bond acceptors (Lipinski definition) is 3. The van der Waals surface area contributed by atoms with Gasteiger partial charge in [-0.3, -0.25) is 4.79 Å². The molecular formula is C16H17ClN4O2. The zero-order valence-electron chi connectivity index (χ0n) is 12.5. The maximum absolute atomic E-state index is 12.0. The number of aromatic nitrogens is 1. The number of para-hydroxylation sites is 1. The lowest BCUT2D eigenvalue weighted by atomic mass is 10.2. The molecular weight excluding hydrogens is 316 g/mol. The van der Waals surface area contributed by atoms with Crippen LogP contribution in [0.5, 0.6) is 0 Å². The van der Waals surface area contributed by atoms with Crippen molar-refractivity contribution in [2.45, 2.75) is 19.5 Å². The molecule has 6 nitrogen and oxygen atoms in total. The minimum Gasteiger partial charge on any atom is -0.334 e. The number of halogens is 1. The summed E-state index contributed by atoms with van der Waals surface area (Å²) in [5.41, 5.74) is 1.49. The highest BCUT2D eigenvalue weighted by Crippen LogP contribution is 2.06. The maximum atomic E-state index is 12.0. The Morgan fingerprint density at radius 2 is 1.91 bits per heavy atom. The van der Waals surface area contributed by atoms with E-state index in [1.165, 1.54) is 0 Å². The zero-order chi connectivity index (χ0) is 16.7. The van der Waals surface area contributed by atoms with E-state index in [9.17, 15) is 9.59 Å². The second-order valence-electron chi connectivity index (χ2n) is 4.89. The third-order valence-electron chi connectivity index (χ3n) is 3.02. The Morgan fingerprint density at radius 3 is 2.57 bits per heavy atom. The van der Waals surface area contributed by atoms with Crippen LogP contribution in [0.3, 0.4) is 0 Å². The summed E-state index contributed by atoms with van der Waals surface area (Å²) in [6.07, 6.45) is 1.58. The number of benzene rings is 1. The first kappa shape index (κ1) is 16.8. The number of rotatable bonds is 5. The van der Waals surface area contributed by atoms with Crippen LogP contribution in [0.25, 0.3) is 0 Å². The molecule has 0 unspecified atom stereocenters. The maximum Gasteiger partial charge on any atom is 0.315 e. The molecule has 1 aromatic heterocycles. The van der Waals surface area contributed by atoms with Crippen LogP contribution in [0, 0.1) is 0 Å². The van der Waals surface area contributed by atoms with Gasteiger partial charge in [-0.1, -0.05) is 35.9 Å². The van der Waals surface area contributed by atoms with Crippen LogP contribution in [0.2, 0.25) is 5.15 Å². The van der Waals surface area contributed by atoms with Gasteiger partial charge in [0.15, 0.2) is 0 Å². The normalized spacial score (nSPS) is 11.4. The molecule has 3 amide bonds. The van der Waals surface area contributed by atoms with E-state index in [1.54, 1.807) is 37.4 Å². The summed E-state index contributed by atoms with van der Waals surface area (Å²) < 4.78 is 0. The van der Waals surface area contributed by atoms with E-state index in [0.29, 0.717) is 17.4 Å². The van der Waals surface area contributed by atoms with E-state index < -0.39 is 12.1 Å². The molecule has 0 aliphatic rings. The first-order valence-electron chi connectivity index (χ1n) is 7.05. The molecule has 0 saturated carbocycles. The first-order valence-corrected chi connectivity index (χ1v) is 7.43. The fraction of sp³-hybridized carbons (Fsp3) is 0.188. The Hall–Kier alpha value is -2.60. The van der Waals surface area contributed by atoms with Crippen molar-refractivity contribution < 1.29 is 9.59 Å². The van der Waals surface area contributed by atoms with E-state index in [0.717, 1.165) is 5.56 Å². The second kappa shape index (κ2) is 8.14. The van der Waals surface area contributed by atoms with Gasteiger partial charge in [0.1, 0.15) is 11.2 Å². The van der Waals surface area contributed by atoms with Crippen molar-refractivity contribution in [3.05, 3.63) is 59.4 Å². The van der Waals surface area contributed by atoms with E-state index in [1.807, 2.05) is 18.2 Å². The van der Waals surface area contributed by atoms with Crippen LogP contribution in [-0.2, 0) is 11.3 Å². The van der Waals surface area contributed by atoms with Crippen molar-refractivity contribution in [1.82, 2.24) is 15.6 Å². The molecule has 2 rings (SSSR count). The molecule has 3 N–H and O–H groups in total. The summed E-state index contributed by atoms with van der Waals surface area (Å²) >= 11 is 5.69. The fourth-order valence-electron chi connectivity index (χ4n) is 1.78. The number of carbonyl (C=O) groups excluding carboxylic acids is 2. The molecule has 0 radical (unpaired) electrons. The number of nitrogens with one attached hydrogen (secondary N) is 3. The molecule has 0 bridgehead atoms. The van der Waals surface area contributed by atoms with Gasteiger partial charge in [-0.05, 0) is 30.7 Å². The van der Waals surface area contributed by atoms with Gasteiger partial charge in [-0.2, -0.15) is 0 Å². The van der Waals surface area contributed by atoms with Crippen molar-refractivity contribution in [3.8, 4) is 0 Å². The van der Waals surface area contributed by atoms with Crippen molar-refractivity contribution in [2.75, 3.05) is 5.32 Å². The Kier molecular flexibility index (Phi) is 5.94. The number of urea groups is 1. The van der Waals surface area contributed by atoms with E-state index >= 15 is 0 Å². The molecule has 1 heterocycles. The predicted molar refractivity (Wildman–Crippen MR) is 89.2 cm³/mol. The molecule has 1 atom stereocenters. The minimum atomic E-state index is -0.668. The average molecular weight is 333 g/mol. The monoisotopic (exact) mass is 332 g/mol. The highest BCUT2D eigenvalue weighted by Gasteiger charge is 2.15. The summed E-state index contributed by atoms with van der Waals surface area (Å²) in [6, 6.07) is 11.4. The van der Waals surface area contributed by atoms with Gasteiger partial charge in [-0.25, -0.2) is 9.78 Å². The Morgan fingerprint density at radius 1 is 1.17 bits per heavy atom. The zero-order valence-corrected chi connectivity index (χ0v) is 13.3. The predicted octanol–water partition coefficient (Wildman–Crippen LogP) is 2.56. The Balaban J connectivity index is 1.77. The van der Waals surface area contributed by atoms with Crippen LogP contribution in [-0.4, -0.2) is 23.0 Å². The lowest BCUT2D eigenvalue weighted by molar-refractivity contribution is -0.117. The van der Waals surface area contributed by atoms with Gasteiger partial charge in [0.05, 0.1) is 0 Å². The molecule has 1 aromatic carbocycles. The third kappa shape index (κ3) is 5.60. The number of nitrogens with zero attached hydrogens (tertiary/aromatic N) is 1. The van der Waals surface area contributed by atoms with Crippen LogP contribution < -0.4 is 16.0 Å². The van der Waals surface area contributed by atoms with Gasteiger partial charge in [0.2, 0.25) is 5.91 Å². The van der Waals surface area contributed by atoms with E-state index in [4.69, 9.17) is 11.6 Å². The third-order valence-corrected chi connectivity index (χ3v) is 3.25. The van der Waals surface area contributed by atoms with Gasteiger partial charge >= 0.3 is 6.03 Å². The lowest BCUT2D eigenvalue weighted by Crippen LogP contribution is -2.46. The minimum absolute atomic E-state index is 0.292. The molecule has 0 saturated heterocycles. The topological polar surface area (TPSA) is 83.1 Å². The number of carbonyl (C=O) groups is 2. The highest BCUT2D eigenvalue weighted by atomic mass is 35.5. The number of hydrogen-bond donors (Lipinski definition) is 3. The van der Waals surface area contributed by atoms with Crippen molar-refractivity contribution in [2.24, 2.45) is 0 Å². The quantitative estimate of drug-likeness (QED) is 0.736. The van der Waals surface area contributed by atoms with Gasteiger partial charge in [0, 0.05) is 18.4 Å². The average Bonchev–Trinajstić information content (AvgIpc) is 2.55. The highest BCUT2D eigenvalue weighted by molar-refractivity contribution is 6.29. The largest absolute Gasteiger partial charge is 0.334 e. The number of anilines is 1. The fourth-order valence-corrected chi connectivity index (χ4v) is 1.89. The van der Waals surface area contributed by atoms with Crippen LogP contribution in [0.15, 0.2) is 48.7 Å². The smallest absolute Gasteiger partial charge is 0.315 e. The molecule has 23 heavy (non-hydrogen) atoms. The van der Waals surface area contributed by atoms with Crippen molar-refractivity contribution >= 4 is 29.2 Å².